The van der Waals surface area contributed by atoms with Crippen LogP contribution in [0.2, 0.25) is 0 Å². The van der Waals surface area contributed by atoms with E-state index in [1.807, 2.05) is 12.1 Å². The lowest BCUT2D eigenvalue weighted by Gasteiger charge is -2.59. The Kier molecular flexibility index (Phi) is 6.31. The second-order valence-electron chi connectivity index (χ2n) is 11.4. The van der Waals surface area contributed by atoms with Gasteiger partial charge in [-0.1, -0.05) is 36.4 Å². The molecule has 0 saturated heterocycles. The number of nitrogens with one attached hydrogen (secondary N) is 2. The van der Waals surface area contributed by atoms with E-state index in [4.69, 9.17) is 16.5 Å². The standard InChI is InChI=1S/C30H35N7/c31-14-19-3-1-5-22(7-19)23-6-2-4-20(8-23)16-34-29-35-17-26(15-32)28(37-29)36-18-30-11-21-9-24(12-30)27(33)25(10-21)13-30/h1-8,17,21,24-25,27H,9-14,16,18,31,33H2,(H2,34,35,36,37)/t21?,24-,25+,27?,30?. The zero-order chi connectivity index (χ0) is 25.4. The molecule has 190 valence electrons. The van der Waals surface area contributed by atoms with E-state index in [-0.39, 0.29) is 5.41 Å². The first-order valence-corrected chi connectivity index (χ1v) is 13.4. The molecule has 4 bridgehead atoms. The lowest BCUT2D eigenvalue weighted by Crippen LogP contribution is -2.58. The van der Waals surface area contributed by atoms with Crippen molar-refractivity contribution in [2.75, 3.05) is 17.2 Å². The van der Waals surface area contributed by atoms with Crippen molar-refractivity contribution < 1.29 is 0 Å². The van der Waals surface area contributed by atoms with Crippen LogP contribution in [0.4, 0.5) is 11.8 Å². The number of benzene rings is 2. The van der Waals surface area contributed by atoms with Gasteiger partial charge in [-0.2, -0.15) is 10.2 Å². The predicted octanol–water partition coefficient (Wildman–Crippen LogP) is 4.65. The van der Waals surface area contributed by atoms with Gasteiger partial charge in [-0.15, -0.1) is 0 Å². The average molecular weight is 494 g/mol. The number of nitriles is 1. The fourth-order valence-corrected chi connectivity index (χ4v) is 7.32. The summed E-state index contributed by atoms with van der Waals surface area (Å²) in [5.41, 5.74) is 17.7. The fraction of sp³-hybridized carbons (Fsp3) is 0.433. The molecule has 0 aliphatic heterocycles. The lowest BCUT2D eigenvalue weighted by molar-refractivity contribution is -0.0591. The number of hydrogen-bond donors (Lipinski definition) is 4. The molecule has 4 saturated carbocycles. The predicted molar refractivity (Wildman–Crippen MR) is 146 cm³/mol. The van der Waals surface area contributed by atoms with Crippen molar-refractivity contribution >= 4 is 11.8 Å². The number of hydrogen-bond acceptors (Lipinski definition) is 7. The molecule has 4 aliphatic rings. The van der Waals surface area contributed by atoms with E-state index in [0.717, 1.165) is 34.7 Å². The summed E-state index contributed by atoms with van der Waals surface area (Å²) in [6, 6.07) is 19.4. The Balaban J connectivity index is 1.14. The van der Waals surface area contributed by atoms with Gasteiger partial charge < -0.3 is 22.1 Å². The van der Waals surface area contributed by atoms with Crippen LogP contribution in [-0.4, -0.2) is 22.6 Å². The minimum Gasteiger partial charge on any atom is -0.368 e. The maximum absolute atomic E-state index is 9.67. The Labute approximate surface area is 218 Å². The smallest absolute Gasteiger partial charge is 0.224 e. The van der Waals surface area contributed by atoms with Crippen LogP contribution < -0.4 is 22.1 Å². The van der Waals surface area contributed by atoms with Gasteiger partial charge in [0.25, 0.3) is 0 Å². The van der Waals surface area contributed by atoms with Crippen molar-refractivity contribution in [1.29, 1.82) is 5.26 Å². The Morgan fingerprint density at radius 3 is 2.38 bits per heavy atom. The summed E-state index contributed by atoms with van der Waals surface area (Å²) in [7, 11) is 0. The first-order chi connectivity index (χ1) is 18.0. The number of anilines is 2. The van der Waals surface area contributed by atoms with Crippen LogP contribution in [0, 0.1) is 34.5 Å². The van der Waals surface area contributed by atoms with Crippen LogP contribution in [0.3, 0.4) is 0 Å². The van der Waals surface area contributed by atoms with E-state index in [2.05, 4.69) is 58.1 Å². The van der Waals surface area contributed by atoms with Gasteiger partial charge in [0.05, 0.1) is 6.20 Å². The van der Waals surface area contributed by atoms with Crippen molar-refractivity contribution in [3.63, 3.8) is 0 Å². The average Bonchev–Trinajstić information content (AvgIpc) is 2.93. The summed E-state index contributed by atoms with van der Waals surface area (Å²) >= 11 is 0. The van der Waals surface area contributed by atoms with Gasteiger partial charge >= 0.3 is 0 Å². The van der Waals surface area contributed by atoms with Crippen molar-refractivity contribution in [3.8, 4) is 17.2 Å². The molecule has 2 aromatic carbocycles. The van der Waals surface area contributed by atoms with Gasteiger partial charge in [0.15, 0.2) is 0 Å². The fourth-order valence-electron chi connectivity index (χ4n) is 7.32. The van der Waals surface area contributed by atoms with E-state index >= 15 is 0 Å². The van der Waals surface area contributed by atoms with Gasteiger partial charge in [-0.05, 0) is 89.7 Å². The number of nitrogens with two attached hydrogens (primary N) is 2. The second kappa shape index (κ2) is 9.77. The number of rotatable bonds is 8. The molecule has 7 rings (SSSR count). The normalized spacial score (nSPS) is 27.6. The van der Waals surface area contributed by atoms with Crippen LogP contribution in [0.15, 0.2) is 54.7 Å². The van der Waals surface area contributed by atoms with Gasteiger partial charge in [0, 0.05) is 25.7 Å². The molecule has 7 heteroatoms. The van der Waals surface area contributed by atoms with Gasteiger partial charge in [0.2, 0.25) is 5.95 Å². The summed E-state index contributed by atoms with van der Waals surface area (Å²) < 4.78 is 0. The highest BCUT2D eigenvalue weighted by Crippen LogP contribution is 2.59. The minimum atomic E-state index is 0.277. The third kappa shape index (κ3) is 4.79. The van der Waals surface area contributed by atoms with Gasteiger partial charge in [-0.25, -0.2) is 4.98 Å². The Morgan fingerprint density at radius 2 is 1.68 bits per heavy atom. The summed E-state index contributed by atoms with van der Waals surface area (Å²) in [6.45, 7) is 1.96. The van der Waals surface area contributed by atoms with Crippen LogP contribution >= 0.6 is 0 Å². The topological polar surface area (TPSA) is 126 Å². The van der Waals surface area contributed by atoms with Crippen molar-refractivity contribution in [2.24, 2.45) is 34.6 Å². The Morgan fingerprint density at radius 1 is 0.973 bits per heavy atom. The lowest BCUT2D eigenvalue weighted by atomic mass is 9.48. The highest BCUT2D eigenvalue weighted by molar-refractivity contribution is 5.65. The van der Waals surface area contributed by atoms with Gasteiger partial charge in [-0.3, -0.25) is 0 Å². The highest BCUT2D eigenvalue weighted by atomic mass is 15.1. The molecular formula is C30H35N7. The molecule has 4 fully saturated rings. The van der Waals surface area contributed by atoms with Crippen molar-refractivity contribution in [1.82, 2.24) is 9.97 Å². The maximum Gasteiger partial charge on any atom is 0.224 e. The molecule has 1 aromatic heterocycles. The second-order valence-corrected chi connectivity index (χ2v) is 11.4. The zero-order valence-corrected chi connectivity index (χ0v) is 21.2. The largest absolute Gasteiger partial charge is 0.368 e. The summed E-state index contributed by atoms with van der Waals surface area (Å²) in [4.78, 5) is 9.10. The molecule has 3 unspecified atom stereocenters. The molecule has 6 N–H and O–H groups in total. The van der Waals surface area contributed by atoms with Crippen molar-refractivity contribution in [3.05, 3.63) is 71.4 Å². The Hall–Kier alpha value is -3.47. The van der Waals surface area contributed by atoms with E-state index in [0.29, 0.717) is 48.3 Å². The minimum absolute atomic E-state index is 0.277. The summed E-state index contributed by atoms with van der Waals surface area (Å²) in [5, 5.41) is 16.6. The molecule has 5 atom stereocenters. The van der Waals surface area contributed by atoms with E-state index < -0.39 is 0 Å². The molecule has 4 aliphatic carbocycles. The van der Waals surface area contributed by atoms with Crippen LogP contribution in [0.25, 0.3) is 11.1 Å². The molecule has 7 nitrogen and oxygen atoms in total. The Bertz CT molecular complexity index is 1310. The van der Waals surface area contributed by atoms with Crippen LogP contribution in [0.1, 0.15) is 48.8 Å². The third-order valence-corrected chi connectivity index (χ3v) is 8.89. The first kappa shape index (κ1) is 23.9. The van der Waals surface area contributed by atoms with Crippen LogP contribution in [0.5, 0.6) is 0 Å². The SMILES string of the molecule is N#Cc1cnc(NCc2cccc(-c3cccc(CN)c3)c2)nc1NCC12CC3C[C@H](C1)C(N)[C@@H](C3)C2. The van der Waals surface area contributed by atoms with Crippen molar-refractivity contribution in [2.45, 2.75) is 51.2 Å². The van der Waals surface area contributed by atoms with E-state index in [9.17, 15) is 5.26 Å². The zero-order valence-electron chi connectivity index (χ0n) is 21.2. The van der Waals surface area contributed by atoms with Crippen LogP contribution in [-0.2, 0) is 13.1 Å². The summed E-state index contributed by atoms with van der Waals surface area (Å²) in [6.07, 6.45) is 7.85. The molecule has 1 heterocycles. The quantitative estimate of drug-likeness (QED) is 0.360. The third-order valence-electron chi connectivity index (χ3n) is 8.89. The number of nitrogens with zero attached hydrogens (tertiary/aromatic N) is 3. The summed E-state index contributed by atoms with van der Waals surface area (Å²) in [5.74, 6) is 3.25. The molecule has 0 radical (unpaired) electrons. The van der Waals surface area contributed by atoms with E-state index in [1.54, 1.807) is 6.20 Å². The van der Waals surface area contributed by atoms with E-state index in [1.165, 1.54) is 32.1 Å². The van der Waals surface area contributed by atoms with Gasteiger partial charge in [0.1, 0.15) is 17.5 Å². The number of aromatic nitrogens is 2. The first-order valence-electron chi connectivity index (χ1n) is 13.4. The molecule has 3 aromatic rings. The highest BCUT2D eigenvalue weighted by Gasteiger charge is 2.54. The molecule has 37 heavy (non-hydrogen) atoms. The molecule has 0 amide bonds. The maximum atomic E-state index is 9.67. The molecule has 0 spiro atoms. The monoisotopic (exact) mass is 493 g/mol. The molecular weight excluding hydrogens is 458 g/mol.